The lowest BCUT2D eigenvalue weighted by Crippen LogP contribution is -2.27. The second-order valence-corrected chi connectivity index (χ2v) is 3.67. The lowest BCUT2D eigenvalue weighted by molar-refractivity contribution is -0.119. The molecule has 0 aliphatic heterocycles. The van der Waals surface area contributed by atoms with Crippen molar-refractivity contribution in [1.29, 1.82) is 0 Å². The van der Waals surface area contributed by atoms with Gasteiger partial charge in [-0.25, -0.2) is 9.97 Å². The lowest BCUT2D eigenvalue weighted by Gasteiger charge is -2.08. The summed E-state index contributed by atoms with van der Waals surface area (Å²) in [5.41, 5.74) is 6.06. The van der Waals surface area contributed by atoms with Crippen LogP contribution in [0.15, 0.2) is 6.07 Å². The Kier molecular flexibility index (Phi) is 3.99. The third-order valence-corrected chi connectivity index (χ3v) is 2.05. The quantitative estimate of drug-likeness (QED) is 0.756. The number of aryl methyl sites for hydroxylation is 1. The van der Waals surface area contributed by atoms with E-state index in [9.17, 15) is 4.79 Å². The smallest absolute Gasteiger partial charge is 0.231 e. The molecular formula is C9H13ClN4O. The first-order valence-electron chi connectivity index (χ1n) is 4.55. The molecule has 1 aromatic rings. The Balaban J connectivity index is 2.76. The normalized spacial score (nSPS) is 12.3. The third kappa shape index (κ3) is 3.45. The van der Waals surface area contributed by atoms with Gasteiger partial charge in [0.15, 0.2) is 0 Å². The van der Waals surface area contributed by atoms with Crippen molar-refractivity contribution in [3.8, 4) is 0 Å². The first-order chi connectivity index (χ1) is 7.02. The van der Waals surface area contributed by atoms with E-state index < -0.39 is 0 Å². The SMILES string of the molecule is Cc1cc(Cl)nc(NC(=O)C(C)CN)n1. The molecule has 5 nitrogen and oxygen atoms in total. The highest BCUT2D eigenvalue weighted by molar-refractivity contribution is 6.29. The van der Waals surface area contributed by atoms with Gasteiger partial charge in [-0.2, -0.15) is 0 Å². The van der Waals surface area contributed by atoms with Crippen molar-refractivity contribution in [3.05, 3.63) is 16.9 Å². The monoisotopic (exact) mass is 228 g/mol. The van der Waals surface area contributed by atoms with E-state index in [2.05, 4.69) is 15.3 Å². The molecule has 1 unspecified atom stereocenters. The lowest BCUT2D eigenvalue weighted by atomic mass is 10.2. The number of rotatable bonds is 3. The number of halogens is 1. The number of carbonyl (C=O) groups excluding carboxylic acids is 1. The molecule has 1 heterocycles. The average Bonchev–Trinajstić information content (AvgIpc) is 2.14. The number of anilines is 1. The summed E-state index contributed by atoms with van der Waals surface area (Å²) >= 11 is 5.72. The highest BCUT2D eigenvalue weighted by atomic mass is 35.5. The number of carbonyl (C=O) groups is 1. The van der Waals surface area contributed by atoms with Gasteiger partial charge < -0.3 is 5.73 Å². The van der Waals surface area contributed by atoms with Crippen molar-refractivity contribution < 1.29 is 4.79 Å². The molecule has 15 heavy (non-hydrogen) atoms. The minimum atomic E-state index is -0.270. The van der Waals surface area contributed by atoms with Crippen molar-refractivity contribution in [3.63, 3.8) is 0 Å². The van der Waals surface area contributed by atoms with E-state index >= 15 is 0 Å². The first kappa shape index (κ1) is 11.9. The largest absolute Gasteiger partial charge is 0.330 e. The Morgan fingerprint density at radius 1 is 1.67 bits per heavy atom. The summed E-state index contributed by atoms with van der Waals surface area (Å²) in [4.78, 5) is 19.3. The third-order valence-electron chi connectivity index (χ3n) is 1.86. The van der Waals surface area contributed by atoms with Gasteiger partial charge in [-0.3, -0.25) is 10.1 Å². The summed E-state index contributed by atoms with van der Waals surface area (Å²) < 4.78 is 0. The van der Waals surface area contributed by atoms with Gasteiger partial charge in [-0.05, 0) is 13.0 Å². The van der Waals surface area contributed by atoms with Crippen LogP contribution in [-0.4, -0.2) is 22.4 Å². The Hall–Kier alpha value is -1.20. The zero-order chi connectivity index (χ0) is 11.4. The van der Waals surface area contributed by atoms with Crippen molar-refractivity contribution in [1.82, 2.24) is 9.97 Å². The molecule has 0 aliphatic carbocycles. The van der Waals surface area contributed by atoms with E-state index in [1.54, 1.807) is 19.9 Å². The van der Waals surface area contributed by atoms with Gasteiger partial charge in [0.25, 0.3) is 0 Å². The molecule has 0 saturated carbocycles. The summed E-state index contributed by atoms with van der Waals surface area (Å²) in [6, 6.07) is 1.61. The Morgan fingerprint density at radius 3 is 2.87 bits per heavy atom. The van der Waals surface area contributed by atoms with Crippen LogP contribution >= 0.6 is 11.6 Å². The molecule has 82 valence electrons. The number of nitrogens with zero attached hydrogens (tertiary/aromatic N) is 2. The highest BCUT2D eigenvalue weighted by Gasteiger charge is 2.12. The van der Waals surface area contributed by atoms with E-state index in [1.165, 1.54) is 0 Å². The molecule has 0 spiro atoms. The number of aromatic nitrogens is 2. The summed E-state index contributed by atoms with van der Waals surface area (Å²) in [6.45, 7) is 3.79. The zero-order valence-corrected chi connectivity index (χ0v) is 9.38. The molecule has 1 atom stereocenters. The molecule has 0 aliphatic rings. The Bertz CT molecular complexity index is 349. The molecule has 1 amide bonds. The van der Waals surface area contributed by atoms with Gasteiger partial charge in [0, 0.05) is 18.2 Å². The van der Waals surface area contributed by atoms with Gasteiger partial charge in [-0.1, -0.05) is 18.5 Å². The number of nitrogens with two attached hydrogens (primary N) is 1. The van der Waals surface area contributed by atoms with Gasteiger partial charge in [0.1, 0.15) is 5.15 Å². The summed E-state index contributed by atoms with van der Waals surface area (Å²) in [7, 11) is 0. The number of hydrogen-bond donors (Lipinski definition) is 2. The Labute approximate surface area is 93.0 Å². The summed E-state index contributed by atoms with van der Waals surface area (Å²) in [5, 5.41) is 2.85. The van der Waals surface area contributed by atoms with Crippen molar-refractivity contribution in [2.75, 3.05) is 11.9 Å². The van der Waals surface area contributed by atoms with Crippen LogP contribution < -0.4 is 11.1 Å². The van der Waals surface area contributed by atoms with Crippen molar-refractivity contribution in [2.24, 2.45) is 11.7 Å². The second kappa shape index (κ2) is 5.04. The minimum Gasteiger partial charge on any atom is -0.330 e. The van der Waals surface area contributed by atoms with Crippen LogP contribution in [0.2, 0.25) is 5.15 Å². The molecule has 0 bridgehead atoms. The Morgan fingerprint density at radius 2 is 2.33 bits per heavy atom. The van der Waals surface area contributed by atoms with Crippen LogP contribution in [0, 0.1) is 12.8 Å². The van der Waals surface area contributed by atoms with Crippen LogP contribution in [0.1, 0.15) is 12.6 Å². The van der Waals surface area contributed by atoms with Crippen molar-refractivity contribution in [2.45, 2.75) is 13.8 Å². The van der Waals surface area contributed by atoms with E-state index in [0.717, 1.165) is 0 Å². The van der Waals surface area contributed by atoms with Gasteiger partial charge in [0.05, 0.1) is 0 Å². The summed E-state index contributed by atoms with van der Waals surface area (Å²) in [6.07, 6.45) is 0. The highest BCUT2D eigenvalue weighted by Crippen LogP contribution is 2.10. The van der Waals surface area contributed by atoms with Crippen LogP contribution in [-0.2, 0) is 4.79 Å². The second-order valence-electron chi connectivity index (χ2n) is 3.28. The van der Waals surface area contributed by atoms with E-state index in [1.807, 2.05) is 0 Å². The predicted octanol–water partition coefficient (Wildman–Crippen LogP) is 0.972. The molecule has 1 rings (SSSR count). The van der Waals surface area contributed by atoms with Gasteiger partial charge >= 0.3 is 0 Å². The average molecular weight is 229 g/mol. The maximum atomic E-state index is 11.5. The molecule has 0 fully saturated rings. The van der Waals surface area contributed by atoms with E-state index in [0.29, 0.717) is 10.8 Å². The first-order valence-corrected chi connectivity index (χ1v) is 4.93. The fourth-order valence-corrected chi connectivity index (χ4v) is 1.16. The topological polar surface area (TPSA) is 80.9 Å². The molecule has 6 heteroatoms. The fourth-order valence-electron chi connectivity index (χ4n) is 0.926. The van der Waals surface area contributed by atoms with Crippen molar-refractivity contribution >= 4 is 23.5 Å². The predicted molar refractivity (Wildman–Crippen MR) is 58.6 cm³/mol. The number of amides is 1. The number of nitrogens with one attached hydrogen (secondary N) is 1. The maximum Gasteiger partial charge on any atom is 0.231 e. The van der Waals surface area contributed by atoms with Gasteiger partial charge in [-0.15, -0.1) is 0 Å². The zero-order valence-electron chi connectivity index (χ0n) is 8.62. The molecule has 3 N–H and O–H groups in total. The number of hydrogen-bond acceptors (Lipinski definition) is 4. The molecular weight excluding hydrogens is 216 g/mol. The summed E-state index contributed by atoms with van der Waals surface area (Å²) in [5.74, 6) is -0.266. The van der Waals surface area contributed by atoms with Gasteiger partial charge in [0.2, 0.25) is 11.9 Å². The minimum absolute atomic E-state index is 0.209. The standard InChI is InChI=1S/C9H13ClN4O/c1-5(4-11)8(15)14-9-12-6(2)3-7(10)13-9/h3,5H,4,11H2,1-2H3,(H,12,13,14,15). The van der Waals surface area contributed by atoms with Crippen LogP contribution in [0.5, 0.6) is 0 Å². The molecule has 1 aromatic heterocycles. The fraction of sp³-hybridized carbons (Fsp3) is 0.444. The molecule has 0 saturated heterocycles. The molecule has 0 radical (unpaired) electrons. The van der Waals surface area contributed by atoms with Crippen LogP contribution in [0.4, 0.5) is 5.95 Å². The maximum absolute atomic E-state index is 11.5. The van der Waals surface area contributed by atoms with E-state index in [-0.39, 0.29) is 24.3 Å². The van der Waals surface area contributed by atoms with Crippen LogP contribution in [0.3, 0.4) is 0 Å². The van der Waals surface area contributed by atoms with E-state index in [4.69, 9.17) is 17.3 Å². The molecule has 0 aromatic carbocycles. The van der Waals surface area contributed by atoms with Crippen LogP contribution in [0.25, 0.3) is 0 Å².